The molecule has 0 saturated carbocycles. The van der Waals surface area contributed by atoms with E-state index in [2.05, 4.69) is 19.7 Å². The van der Waals surface area contributed by atoms with Crippen LogP contribution in [0.2, 0.25) is 0 Å². The Hall–Kier alpha value is -4.41. The Morgan fingerprint density at radius 2 is 2.07 bits per heavy atom. The predicted octanol–water partition coefficient (Wildman–Crippen LogP) is -2.25. The predicted molar refractivity (Wildman–Crippen MR) is 153 cm³/mol. The molecular formula is C24H30N8O11S2. The smallest absolute Gasteiger partial charge is 0.351 e. The number of nitrogens with zero attached hydrogens (tertiary/aromatic N) is 5. The Morgan fingerprint density at radius 3 is 2.62 bits per heavy atom. The molecule has 2 aromatic heterocycles. The molecule has 0 radical (unpaired) electrons. The van der Waals surface area contributed by atoms with Gasteiger partial charge in [0.25, 0.3) is 17.9 Å². The van der Waals surface area contributed by atoms with Crippen LogP contribution in [-0.2, 0) is 41.0 Å². The van der Waals surface area contributed by atoms with Crippen LogP contribution in [-0.4, -0.2) is 98.9 Å². The summed E-state index contributed by atoms with van der Waals surface area (Å²) in [7, 11) is -3.48. The fourth-order valence-corrected chi connectivity index (χ4v) is 5.44. The van der Waals surface area contributed by atoms with Gasteiger partial charge in [0.15, 0.2) is 10.8 Å². The molecule has 2 amide bonds. The van der Waals surface area contributed by atoms with Crippen molar-refractivity contribution in [2.75, 3.05) is 25.5 Å². The zero-order valence-corrected chi connectivity index (χ0v) is 25.6. The topological polar surface area (TPSA) is 278 Å². The highest BCUT2D eigenvalue weighted by molar-refractivity contribution is 7.80. The summed E-state index contributed by atoms with van der Waals surface area (Å²) in [6.45, 7) is 2.14. The van der Waals surface area contributed by atoms with Gasteiger partial charge in [-0.3, -0.25) is 9.59 Å². The van der Waals surface area contributed by atoms with E-state index in [1.54, 1.807) is 40.8 Å². The van der Waals surface area contributed by atoms with Crippen LogP contribution in [0.5, 0.6) is 5.75 Å². The molecule has 1 aromatic carbocycles. The van der Waals surface area contributed by atoms with Crippen molar-refractivity contribution in [3.63, 3.8) is 0 Å². The number of rotatable bonds is 14. The van der Waals surface area contributed by atoms with Crippen molar-refractivity contribution < 1.29 is 56.1 Å². The van der Waals surface area contributed by atoms with Crippen LogP contribution in [0.3, 0.4) is 0 Å². The molecule has 0 bridgehead atoms. The number of hydroxylamine groups is 2. The molecule has 21 heteroatoms. The highest BCUT2D eigenvalue weighted by Gasteiger charge is 2.57. The quantitative estimate of drug-likeness (QED) is 0.0303. The molecule has 3 aromatic rings. The van der Waals surface area contributed by atoms with Gasteiger partial charge in [-0.2, -0.15) is 14.0 Å². The number of nitrogens with two attached hydrogens (primary N) is 2. The van der Waals surface area contributed by atoms with Gasteiger partial charge in [-0.05, 0) is 32.0 Å². The number of nitrogen functional groups attached to an aromatic ring is 1. The lowest BCUT2D eigenvalue weighted by atomic mass is 9.84. The fraction of sp³-hybridized carbons (Fsp3) is 0.417. The maximum absolute atomic E-state index is 13.2. The first-order valence-electron chi connectivity index (χ1n) is 13.0. The highest BCUT2D eigenvalue weighted by atomic mass is 32.3. The van der Waals surface area contributed by atoms with Crippen LogP contribution in [0.15, 0.2) is 34.9 Å². The van der Waals surface area contributed by atoms with Crippen LogP contribution in [0.4, 0.5) is 5.13 Å². The zero-order valence-electron chi connectivity index (χ0n) is 24.0. The van der Waals surface area contributed by atoms with Crippen molar-refractivity contribution >= 4 is 61.3 Å². The Bertz CT molecular complexity index is 1750. The molecule has 0 aliphatic carbocycles. The van der Waals surface area contributed by atoms with Crippen LogP contribution >= 0.6 is 11.3 Å². The summed E-state index contributed by atoms with van der Waals surface area (Å²) < 4.78 is 46.3. The van der Waals surface area contributed by atoms with Crippen molar-refractivity contribution in [3.8, 4) is 5.75 Å². The van der Waals surface area contributed by atoms with Crippen LogP contribution in [0, 0.1) is 0 Å². The molecule has 1 saturated heterocycles. The average Bonchev–Trinajstić information content (AvgIpc) is 3.54. The first-order valence-corrected chi connectivity index (χ1v) is 15.2. The van der Waals surface area contributed by atoms with Gasteiger partial charge in [0, 0.05) is 5.38 Å². The molecule has 7 N–H and O–H groups in total. The first-order chi connectivity index (χ1) is 21.1. The van der Waals surface area contributed by atoms with Crippen molar-refractivity contribution in [1.82, 2.24) is 20.0 Å². The van der Waals surface area contributed by atoms with Gasteiger partial charge >= 0.3 is 5.97 Å². The summed E-state index contributed by atoms with van der Waals surface area (Å²) in [5.74, 6) is -3.29. The zero-order chi connectivity index (χ0) is 33.3. The SMILES string of the molecule is Cn1c2ccc(OC[C@H](O/N=C(\C(=O)N[C@@H]3C(=O)N(OS(=O)(=O)[O-])C3(C)C)c3csc(N)n3)C(=O)O)cc2c[n+]1[C@@H](CN)CO. The molecule has 244 valence electrons. The van der Waals surface area contributed by atoms with Gasteiger partial charge in [0.1, 0.15) is 36.2 Å². The lowest BCUT2D eigenvalue weighted by Crippen LogP contribution is -2.76. The minimum atomic E-state index is -5.27. The number of benzene rings is 1. The molecule has 1 aliphatic heterocycles. The third kappa shape index (κ3) is 7.13. The second-order valence-corrected chi connectivity index (χ2v) is 12.1. The van der Waals surface area contributed by atoms with Gasteiger partial charge in [-0.25, -0.2) is 18.2 Å². The number of aliphatic carboxylic acids is 1. The Balaban J connectivity index is 1.51. The summed E-state index contributed by atoms with van der Waals surface area (Å²) in [4.78, 5) is 46.8. The number of β-lactam (4-membered cyclic amide) rings is 1. The number of aromatic nitrogens is 3. The molecular weight excluding hydrogens is 640 g/mol. The number of thiazole rings is 1. The van der Waals surface area contributed by atoms with Gasteiger partial charge in [0.2, 0.25) is 22.6 Å². The number of carbonyl (C=O) groups excluding carboxylic acids is 2. The molecule has 1 aliphatic rings. The van der Waals surface area contributed by atoms with E-state index in [9.17, 15) is 37.6 Å². The number of carboxylic acids is 1. The number of aliphatic hydroxyl groups excluding tert-OH is 1. The molecule has 19 nitrogen and oxygen atoms in total. The van der Waals surface area contributed by atoms with Crippen LogP contribution in [0.1, 0.15) is 25.6 Å². The molecule has 0 unspecified atom stereocenters. The van der Waals surface area contributed by atoms with Crippen molar-refractivity contribution in [2.45, 2.75) is 37.6 Å². The van der Waals surface area contributed by atoms with E-state index >= 15 is 0 Å². The average molecular weight is 671 g/mol. The standard InChI is InChI=1S/C24H30N8O11S2/c1-24(2)19(21(35)32(24)43-45(38,39)40)28-20(34)18(15-11-44-23(26)27-15)29-42-17(22(36)37)10-41-14-4-5-16-12(6-14)8-31(30(16)3)13(7-25)9-33/h4-6,8,11,13,17,19,33H,7,9-10,25H2,1-3H3,(H4-,26,27,28,34,36,37,38,39,40)/b29-18-/t13-,17-,19+/m0/s1. The summed E-state index contributed by atoms with van der Waals surface area (Å²) in [6.07, 6.45) is 0.0405. The van der Waals surface area contributed by atoms with E-state index < -0.39 is 58.2 Å². The number of fused-ring (bicyclic) bond motifs is 1. The van der Waals surface area contributed by atoms with E-state index in [-0.39, 0.29) is 35.8 Å². The number of carbonyl (C=O) groups is 3. The van der Waals surface area contributed by atoms with E-state index in [0.29, 0.717) is 5.06 Å². The summed E-state index contributed by atoms with van der Waals surface area (Å²) in [5, 5.41) is 27.8. The minimum absolute atomic E-state index is 0.0401. The molecule has 3 heterocycles. The number of hydrogen-bond donors (Lipinski definition) is 5. The van der Waals surface area contributed by atoms with Crippen molar-refractivity contribution in [2.24, 2.45) is 17.9 Å². The third-order valence-corrected chi connectivity index (χ3v) is 7.87. The molecule has 1 fully saturated rings. The summed E-state index contributed by atoms with van der Waals surface area (Å²) in [6, 6.07) is 3.26. The lowest BCUT2D eigenvalue weighted by Gasteiger charge is -2.51. The van der Waals surface area contributed by atoms with Gasteiger partial charge in [0.05, 0.1) is 24.5 Å². The highest BCUT2D eigenvalue weighted by Crippen LogP contribution is 2.33. The third-order valence-electron chi connectivity index (χ3n) is 6.87. The largest absolute Gasteiger partial charge is 0.724 e. The van der Waals surface area contributed by atoms with Crippen molar-refractivity contribution in [3.05, 3.63) is 35.5 Å². The lowest BCUT2D eigenvalue weighted by molar-refractivity contribution is -0.792. The minimum Gasteiger partial charge on any atom is -0.724 e. The molecule has 3 atom stereocenters. The number of ether oxygens (including phenoxy) is 1. The second-order valence-electron chi connectivity index (χ2n) is 10.3. The van der Waals surface area contributed by atoms with E-state index in [1.807, 2.05) is 0 Å². The number of aliphatic hydroxyl groups is 1. The van der Waals surface area contributed by atoms with Gasteiger partial charge < -0.3 is 41.1 Å². The van der Waals surface area contributed by atoms with Crippen molar-refractivity contribution in [1.29, 1.82) is 0 Å². The van der Waals surface area contributed by atoms with Gasteiger partial charge in [-0.1, -0.05) is 5.16 Å². The molecule has 0 spiro atoms. The van der Waals surface area contributed by atoms with E-state index in [4.69, 9.17) is 21.0 Å². The normalized spacial score (nSPS) is 17.9. The van der Waals surface area contributed by atoms with E-state index in [0.717, 1.165) is 22.2 Å². The first kappa shape index (κ1) is 33.5. The van der Waals surface area contributed by atoms with E-state index in [1.165, 1.54) is 19.2 Å². The maximum Gasteiger partial charge on any atom is 0.351 e. The number of nitrogens with one attached hydrogen (secondary N) is 1. The fourth-order valence-electron chi connectivity index (χ4n) is 4.44. The molecule has 45 heavy (non-hydrogen) atoms. The summed E-state index contributed by atoms with van der Waals surface area (Å²) >= 11 is 0.940. The number of anilines is 1. The number of hydrogen-bond acceptors (Lipinski definition) is 15. The number of aryl methyl sites for hydroxylation is 1. The maximum atomic E-state index is 13.2. The van der Waals surface area contributed by atoms with Crippen LogP contribution < -0.4 is 26.2 Å². The second kappa shape index (κ2) is 12.9. The Labute approximate surface area is 259 Å². The number of amides is 2. The summed E-state index contributed by atoms with van der Waals surface area (Å²) in [5.41, 5.74) is 10.1. The number of carboxylic acid groups (broad SMARTS) is 1. The Kier molecular flexibility index (Phi) is 9.60. The van der Waals surface area contributed by atoms with Crippen LogP contribution in [0.25, 0.3) is 10.9 Å². The van der Waals surface area contributed by atoms with Gasteiger partial charge in [-0.15, -0.1) is 16.0 Å². The monoisotopic (exact) mass is 670 g/mol. The Morgan fingerprint density at radius 1 is 1.36 bits per heavy atom. The number of oxime groups is 1. The molecule has 4 rings (SSSR count).